The van der Waals surface area contributed by atoms with Gasteiger partial charge in [0.1, 0.15) is 9.71 Å². The first kappa shape index (κ1) is 17.7. The molecule has 0 aliphatic carbocycles. The molecule has 0 aliphatic rings. The van der Waals surface area contributed by atoms with Gasteiger partial charge in [0.15, 0.2) is 0 Å². The first-order valence-corrected chi connectivity index (χ1v) is 9.45. The number of hydrogen-bond acceptors (Lipinski definition) is 5. The van der Waals surface area contributed by atoms with E-state index in [-0.39, 0.29) is 5.91 Å². The number of benzene rings is 1. The molecular formula is C19H12Cl2N4OS. The normalized spacial score (nSPS) is 10.9. The average molecular weight is 415 g/mol. The number of hydrogen-bond donors (Lipinski definition) is 2. The van der Waals surface area contributed by atoms with Gasteiger partial charge < -0.3 is 11.1 Å². The third kappa shape index (κ3) is 3.60. The zero-order valence-electron chi connectivity index (χ0n) is 13.7. The molecule has 0 spiro atoms. The fourth-order valence-corrected chi connectivity index (χ4v) is 4.17. The molecular weight excluding hydrogens is 403 g/mol. The molecule has 0 saturated heterocycles. The largest absolute Gasteiger partial charge is 0.397 e. The number of nitrogens with two attached hydrogens (primary N) is 1. The lowest BCUT2D eigenvalue weighted by atomic mass is 10.1. The molecule has 0 unspecified atom stereocenters. The molecule has 4 aromatic rings. The van der Waals surface area contributed by atoms with Crippen LogP contribution < -0.4 is 11.1 Å². The van der Waals surface area contributed by atoms with E-state index in [9.17, 15) is 4.79 Å². The summed E-state index contributed by atoms with van der Waals surface area (Å²) in [6, 6.07) is 12.3. The lowest BCUT2D eigenvalue weighted by Gasteiger charge is -2.05. The number of amides is 1. The van der Waals surface area contributed by atoms with E-state index in [1.807, 2.05) is 24.3 Å². The maximum atomic E-state index is 12.7. The van der Waals surface area contributed by atoms with Gasteiger partial charge in [-0.1, -0.05) is 23.2 Å². The lowest BCUT2D eigenvalue weighted by molar-refractivity contribution is 0.103. The van der Waals surface area contributed by atoms with Crippen molar-refractivity contribution in [3.63, 3.8) is 0 Å². The quantitative estimate of drug-likeness (QED) is 0.463. The molecule has 3 heterocycles. The highest BCUT2D eigenvalue weighted by Crippen LogP contribution is 2.35. The Morgan fingerprint density at radius 1 is 1.11 bits per heavy atom. The Morgan fingerprint density at radius 3 is 2.59 bits per heavy atom. The number of pyridine rings is 2. The van der Waals surface area contributed by atoms with E-state index < -0.39 is 0 Å². The highest BCUT2D eigenvalue weighted by Gasteiger charge is 2.18. The first-order valence-electron chi connectivity index (χ1n) is 7.88. The molecule has 1 aromatic carbocycles. The predicted molar refractivity (Wildman–Crippen MR) is 112 cm³/mol. The van der Waals surface area contributed by atoms with Gasteiger partial charge in [0.25, 0.3) is 5.91 Å². The highest BCUT2D eigenvalue weighted by molar-refractivity contribution is 7.21. The van der Waals surface area contributed by atoms with Gasteiger partial charge in [-0.15, -0.1) is 11.3 Å². The van der Waals surface area contributed by atoms with E-state index in [1.165, 1.54) is 11.3 Å². The van der Waals surface area contributed by atoms with Crippen LogP contribution in [0.1, 0.15) is 9.67 Å². The van der Waals surface area contributed by atoms with E-state index >= 15 is 0 Å². The number of nitrogens with one attached hydrogen (secondary N) is 1. The smallest absolute Gasteiger partial charge is 0.267 e. The summed E-state index contributed by atoms with van der Waals surface area (Å²) in [7, 11) is 0. The fourth-order valence-electron chi connectivity index (χ4n) is 2.65. The average Bonchev–Trinajstić information content (AvgIpc) is 2.98. The molecule has 3 aromatic heterocycles. The van der Waals surface area contributed by atoms with Crippen molar-refractivity contribution in [2.24, 2.45) is 0 Å². The Morgan fingerprint density at radius 2 is 1.89 bits per heavy atom. The van der Waals surface area contributed by atoms with Gasteiger partial charge in [0.05, 0.1) is 11.4 Å². The SMILES string of the molecule is Nc1c(C(=O)Nc2cc(Cl)cc(Cl)c2)sc2nc(-c3cccnc3)ccc12. The van der Waals surface area contributed by atoms with E-state index in [0.717, 1.165) is 16.6 Å². The number of carbonyl (C=O) groups is 1. The number of nitrogens with zero attached hydrogens (tertiary/aromatic N) is 2. The minimum absolute atomic E-state index is 0.336. The molecule has 3 N–H and O–H groups in total. The second-order valence-corrected chi connectivity index (χ2v) is 7.62. The van der Waals surface area contributed by atoms with Crippen LogP contribution in [0.3, 0.4) is 0 Å². The van der Waals surface area contributed by atoms with E-state index in [0.29, 0.717) is 31.1 Å². The predicted octanol–water partition coefficient (Wildman–Crippen LogP) is 5.50. The summed E-state index contributed by atoms with van der Waals surface area (Å²) in [5.74, 6) is -0.336. The van der Waals surface area contributed by atoms with E-state index in [4.69, 9.17) is 28.9 Å². The monoisotopic (exact) mass is 414 g/mol. The molecule has 1 amide bonds. The van der Waals surface area contributed by atoms with Gasteiger partial charge >= 0.3 is 0 Å². The summed E-state index contributed by atoms with van der Waals surface area (Å²) >= 11 is 13.2. The molecule has 0 saturated carbocycles. The van der Waals surface area contributed by atoms with E-state index in [1.54, 1.807) is 30.6 Å². The molecule has 0 radical (unpaired) electrons. The number of halogens is 2. The summed E-state index contributed by atoms with van der Waals surface area (Å²) < 4.78 is 0. The van der Waals surface area contributed by atoms with Gasteiger partial charge in [-0.25, -0.2) is 4.98 Å². The van der Waals surface area contributed by atoms with Crippen molar-refractivity contribution in [2.45, 2.75) is 0 Å². The number of rotatable bonds is 3. The van der Waals surface area contributed by atoms with Crippen molar-refractivity contribution in [3.05, 3.63) is 69.8 Å². The Bertz CT molecular complexity index is 1140. The zero-order chi connectivity index (χ0) is 19.0. The van der Waals surface area contributed by atoms with Crippen LogP contribution in [0.15, 0.2) is 54.9 Å². The maximum absolute atomic E-state index is 12.7. The molecule has 0 atom stereocenters. The number of nitrogen functional groups attached to an aromatic ring is 1. The van der Waals surface area contributed by atoms with Crippen LogP contribution in [-0.2, 0) is 0 Å². The number of carbonyl (C=O) groups excluding carboxylic acids is 1. The van der Waals surface area contributed by atoms with Crippen LogP contribution in [0.25, 0.3) is 21.5 Å². The Labute approximate surface area is 168 Å². The number of thiophene rings is 1. The topological polar surface area (TPSA) is 80.9 Å². The van der Waals surface area contributed by atoms with Crippen molar-refractivity contribution >= 4 is 62.0 Å². The molecule has 27 heavy (non-hydrogen) atoms. The summed E-state index contributed by atoms with van der Waals surface area (Å²) in [5.41, 5.74) is 8.74. The van der Waals surface area contributed by atoms with Crippen LogP contribution in [0, 0.1) is 0 Å². The molecule has 0 fully saturated rings. The second-order valence-electron chi connectivity index (χ2n) is 5.75. The van der Waals surface area contributed by atoms with Gasteiger partial charge in [0, 0.05) is 39.1 Å². The molecule has 5 nitrogen and oxygen atoms in total. The Balaban J connectivity index is 1.69. The Hall–Kier alpha value is -2.67. The third-order valence-electron chi connectivity index (χ3n) is 3.88. The molecule has 0 bridgehead atoms. The summed E-state index contributed by atoms with van der Waals surface area (Å²) in [4.78, 5) is 22.5. The number of fused-ring (bicyclic) bond motifs is 1. The van der Waals surface area contributed by atoms with Crippen molar-refractivity contribution < 1.29 is 4.79 Å². The molecule has 8 heteroatoms. The van der Waals surface area contributed by atoms with Gasteiger partial charge in [-0.3, -0.25) is 9.78 Å². The van der Waals surface area contributed by atoms with Crippen LogP contribution in [0.5, 0.6) is 0 Å². The van der Waals surface area contributed by atoms with Crippen molar-refractivity contribution in [3.8, 4) is 11.3 Å². The van der Waals surface area contributed by atoms with Crippen molar-refractivity contribution in [1.82, 2.24) is 9.97 Å². The van der Waals surface area contributed by atoms with Crippen LogP contribution in [0.4, 0.5) is 11.4 Å². The highest BCUT2D eigenvalue weighted by atomic mass is 35.5. The van der Waals surface area contributed by atoms with Crippen LogP contribution in [0.2, 0.25) is 10.0 Å². The van der Waals surface area contributed by atoms with Crippen LogP contribution in [-0.4, -0.2) is 15.9 Å². The number of aromatic nitrogens is 2. The standard InChI is InChI=1S/C19H12Cl2N4OS/c20-11-6-12(21)8-13(7-11)24-18(26)17-16(22)14-3-4-15(25-19(14)27-17)10-2-1-5-23-9-10/h1-9H,22H2,(H,24,26). The minimum Gasteiger partial charge on any atom is -0.397 e. The Kier molecular flexibility index (Phi) is 4.70. The molecule has 4 rings (SSSR count). The molecule has 0 aliphatic heterocycles. The van der Waals surface area contributed by atoms with Crippen LogP contribution >= 0.6 is 34.5 Å². The summed E-state index contributed by atoms with van der Waals surface area (Å²) in [6.07, 6.45) is 3.44. The maximum Gasteiger partial charge on any atom is 0.267 e. The minimum atomic E-state index is -0.336. The lowest BCUT2D eigenvalue weighted by Crippen LogP contribution is -2.11. The first-order chi connectivity index (χ1) is 13.0. The van der Waals surface area contributed by atoms with Crippen molar-refractivity contribution in [2.75, 3.05) is 11.1 Å². The summed E-state index contributed by atoms with van der Waals surface area (Å²) in [6.45, 7) is 0. The number of anilines is 2. The van der Waals surface area contributed by atoms with Gasteiger partial charge in [0.2, 0.25) is 0 Å². The third-order valence-corrected chi connectivity index (χ3v) is 5.43. The fraction of sp³-hybridized carbons (Fsp3) is 0. The van der Waals surface area contributed by atoms with E-state index in [2.05, 4.69) is 15.3 Å². The second kappa shape index (κ2) is 7.15. The molecule has 134 valence electrons. The van der Waals surface area contributed by atoms with Gasteiger partial charge in [-0.05, 0) is 42.5 Å². The van der Waals surface area contributed by atoms with Crippen molar-refractivity contribution in [1.29, 1.82) is 0 Å². The van der Waals surface area contributed by atoms with Gasteiger partial charge in [-0.2, -0.15) is 0 Å². The zero-order valence-corrected chi connectivity index (χ0v) is 16.1. The summed E-state index contributed by atoms with van der Waals surface area (Å²) in [5, 5.41) is 4.38.